The number of amides is 6. The van der Waals surface area contributed by atoms with E-state index in [1.54, 1.807) is 13.8 Å². The molecule has 0 fully saturated rings. The van der Waals surface area contributed by atoms with Gasteiger partial charge in [0.25, 0.3) is 23.6 Å². The van der Waals surface area contributed by atoms with Gasteiger partial charge in [0.2, 0.25) is 11.8 Å². The van der Waals surface area contributed by atoms with E-state index in [0.717, 1.165) is 9.80 Å². The standard InChI is InChI=1S/C45H48N4O14S2/c1-7-62-38-22-28(16-18-36(38)60-5)34(48-42(52)30-12-9-14-32(46-26(3)50)40(30)44(48)54)24-64(56,57)20-11-21-65(58,59)25-35(29-17-19-37(61-6)39(23-29)63-8-2)49-43(53)31-13-10-15-33(47-27(4)51)41(31)45(49)55/h9-10,12-19,22-23,34-35H,7-8,11,20-21,24-25H2,1-6H3,(H,46,50)(H,47,51). The lowest BCUT2D eigenvalue weighted by Gasteiger charge is -2.28. The second kappa shape index (κ2) is 19.5. The van der Waals surface area contributed by atoms with Crippen LogP contribution in [0.4, 0.5) is 11.4 Å². The highest BCUT2D eigenvalue weighted by Crippen LogP contribution is 2.41. The first-order valence-corrected chi connectivity index (χ1v) is 24.1. The molecule has 0 aliphatic carbocycles. The number of fused-ring (bicyclic) bond motifs is 2. The molecule has 4 aromatic carbocycles. The molecule has 6 rings (SSSR count). The first-order chi connectivity index (χ1) is 30.8. The minimum Gasteiger partial charge on any atom is -0.493 e. The zero-order valence-corrected chi connectivity index (χ0v) is 38.1. The van der Waals surface area contributed by atoms with E-state index in [1.165, 1.54) is 101 Å². The Labute approximate surface area is 376 Å². The molecule has 18 nitrogen and oxygen atoms in total. The van der Waals surface area contributed by atoms with E-state index < -0.39 is 96.6 Å². The molecule has 2 unspecified atom stereocenters. The Balaban J connectivity index is 1.30. The van der Waals surface area contributed by atoms with Gasteiger partial charge in [0.1, 0.15) is 0 Å². The molecule has 2 aliphatic rings. The van der Waals surface area contributed by atoms with E-state index in [4.69, 9.17) is 18.9 Å². The van der Waals surface area contributed by atoms with Crippen LogP contribution in [0.25, 0.3) is 0 Å². The van der Waals surface area contributed by atoms with Crippen molar-refractivity contribution in [3.63, 3.8) is 0 Å². The Hall–Kier alpha value is -6.80. The molecule has 2 aliphatic heterocycles. The minimum atomic E-state index is -4.31. The van der Waals surface area contributed by atoms with Crippen molar-refractivity contribution in [2.45, 2.75) is 46.2 Å². The zero-order valence-electron chi connectivity index (χ0n) is 36.5. The number of hydrogen-bond acceptors (Lipinski definition) is 14. The van der Waals surface area contributed by atoms with Gasteiger partial charge in [0, 0.05) is 13.8 Å². The molecule has 0 bridgehead atoms. The zero-order chi connectivity index (χ0) is 47.4. The third-order valence-corrected chi connectivity index (χ3v) is 14.1. The molecule has 0 saturated carbocycles. The fraction of sp³-hybridized carbons (Fsp3) is 0.333. The van der Waals surface area contributed by atoms with Gasteiger partial charge in [-0.2, -0.15) is 0 Å². The topological polar surface area (TPSA) is 238 Å². The van der Waals surface area contributed by atoms with E-state index >= 15 is 0 Å². The Morgan fingerprint density at radius 1 is 0.569 bits per heavy atom. The van der Waals surface area contributed by atoms with Crippen LogP contribution in [0.15, 0.2) is 72.8 Å². The highest BCUT2D eigenvalue weighted by molar-refractivity contribution is 7.92. The Bertz CT molecular complexity index is 2620. The number of carbonyl (C=O) groups excluding carboxylic acids is 6. The van der Waals surface area contributed by atoms with Crippen molar-refractivity contribution in [3.05, 3.63) is 106 Å². The monoisotopic (exact) mass is 932 g/mol. The molecule has 4 aromatic rings. The van der Waals surface area contributed by atoms with Crippen molar-refractivity contribution in [2.24, 2.45) is 0 Å². The Morgan fingerprint density at radius 3 is 1.29 bits per heavy atom. The van der Waals surface area contributed by atoms with Gasteiger partial charge in [-0.25, -0.2) is 16.8 Å². The number of anilines is 2. The molecule has 0 spiro atoms. The Kier molecular flexibility index (Phi) is 14.3. The first kappa shape index (κ1) is 47.7. The molecule has 65 heavy (non-hydrogen) atoms. The van der Waals surface area contributed by atoms with Crippen LogP contribution in [0, 0.1) is 0 Å². The van der Waals surface area contributed by atoms with Gasteiger partial charge in [-0.15, -0.1) is 0 Å². The fourth-order valence-electron chi connectivity index (χ4n) is 7.88. The van der Waals surface area contributed by atoms with Gasteiger partial charge in [-0.05, 0) is 79.9 Å². The van der Waals surface area contributed by atoms with Gasteiger partial charge >= 0.3 is 0 Å². The molecular weight excluding hydrogens is 885 g/mol. The van der Waals surface area contributed by atoms with Crippen molar-refractivity contribution in [1.82, 2.24) is 9.80 Å². The summed E-state index contributed by atoms with van der Waals surface area (Å²) in [5.41, 5.74) is 0.144. The summed E-state index contributed by atoms with van der Waals surface area (Å²) in [4.78, 5) is 81.9. The largest absolute Gasteiger partial charge is 0.493 e. The average Bonchev–Trinajstić information content (AvgIpc) is 3.66. The maximum Gasteiger partial charge on any atom is 0.264 e. The summed E-state index contributed by atoms with van der Waals surface area (Å²) in [7, 11) is -5.82. The summed E-state index contributed by atoms with van der Waals surface area (Å²) in [5.74, 6) is -6.44. The molecule has 2 atom stereocenters. The summed E-state index contributed by atoms with van der Waals surface area (Å²) < 4.78 is 78.7. The van der Waals surface area contributed by atoms with Crippen molar-refractivity contribution in [1.29, 1.82) is 0 Å². The smallest absolute Gasteiger partial charge is 0.264 e. The van der Waals surface area contributed by atoms with Crippen LogP contribution >= 0.6 is 0 Å². The van der Waals surface area contributed by atoms with Gasteiger partial charge in [0.15, 0.2) is 42.7 Å². The maximum absolute atomic E-state index is 14.1. The van der Waals surface area contributed by atoms with Crippen LogP contribution in [0.2, 0.25) is 0 Å². The third kappa shape index (κ3) is 10.1. The van der Waals surface area contributed by atoms with Crippen LogP contribution in [-0.2, 0) is 29.3 Å². The van der Waals surface area contributed by atoms with E-state index in [9.17, 15) is 45.6 Å². The second-order valence-electron chi connectivity index (χ2n) is 15.1. The highest BCUT2D eigenvalue weighted by atomic mass is 32.2. The quantitative estimate of drug-likeness (QED) is 0.111. The van der Waals surface area contributed by atoms with Crippen LogP contribution in [0.3, 0.4) is 0 Å². The molecule has 0 saturated heterocycles. The van der Waals surface area contributed by atoms with Gasteiger partial charge in [0.05, 0.1) is 96.2 Å². The van der Waals surface area contributed by atoms with Crippen LogP contribution in [0.5, 0.6) is 23.0 Å². The Morgan fingerprint density at radius 2 is 0.954 bits per heavy atom. The number of nitrogens with one attached hydrogen (secondary N) is 2. The molecule has 344 valence electrons. The summed E-state index contributed by atoms with van der Waals surface area (Å²) >= 11 is 0. The van der Waals surface area contributed by atoms with E-state index in [2.05, 4.69) is 10.6 Å². The van der Waals surface area contributed by atoms with Crippen LogP contribution in [0.1, 0.15) is 98.8 Å². The number of nitrogens with zero attached hydrogens (tertiary/aromatic N) is 2. The lowest BCUT2D eigenvalue weighted by Crippen LogP contribution is -2.39. The maximum atomic E-state index is 14.1. The van der Waals surface area contributed by atoms with E-state index in [0.29, 0.717) is 11.5 Å². The summed E-state index contributed by atoms with van der Waals surface area (Å²) in [6.45, 7) is 6.29. The minimum absolute atomic E-state index is 0.0579. The number of benzene rings is 4. The second-order valence-corrected chi connectivity index (χ2v) is 19.5. The van der Waals surface area contributed by atoms with E-state index in [1.807, 2.05) is 0 Å². The normalized spacial score (nSPS) is 14.4. The summed E-state index contributed by atoms with van der Waals surface area (Å²) in [6.07, 6.45) is -0.451. The number of imide groups is 2. The molecule has 0 aromatic heterocycles. The molecule has 20 heteroatoms. The van der Waals surface area contributed by atoms with Crippen molar-refractivity contribution < 1.29 is 64.6 Å². The predicted octanol–water partition coefficient (Wildman–Crippen LogP) is 5.01. The van der Waals surface area contributed by atoms with Gasteiger partial charge in [-0.3, -0.25) is 38.6 Å². The van der Waals surface area contributed by atoms with Crippen LogP contribution in [-0.4, -0.2) is 113 Å². The van der Waals surface area contributed by atoms with Crippen LogP contribution < -0.4 is 29.6 Å². The number of hydrogen-bond donors (Lipinski definition) is 2. The molecule has 0 radical (unpaired) electrons. The summed E-state index contributed by atoms with van der Waals surface area (Å²) in [5, 5.41) is 5.09. The number of sulfone groups is 2. The van der Waals surface area contributed by atoms with Gasteiger partial charge in [-0.1, -0.05) is 24.3 Å². The molecule has 2 N–H and O–H groups in total. The average molecular weight is 933 g/mol. The van der Waals surface area contributed by atoms with E-state index in [-0.39, 0.29) is 69.5 Å². The first-order valence-electron chi connectivity index (χ1n) is 20.4. The predicted molar refractivity (Wildman–Crippen MR) is 238 cm³/mol. The number of rotatable bonds is 20. The molecule has 2 heterocycles. The highest BCUT2D eigenvalue weighted by Gasteiger charge is 2.46. The fourth-order valence-corrected chi connectivity index (χ4v) is 11.2. The van der Waals surface area contributed by atoms with Crippen molar-refractivity contribution in [3.8, 4) is 23.0 Å². The lowest BCUT2D eigenvalue weighted by molar-refractivity contribution is -0.115. The lowest BCUT2D eigenvalue weighted by atomic mass is 10.1. The van der Waals surface area contributed by atoms with Crippen molar-refractivity contribution in [2.75, 3.05) is 61.1 Å². The van der Waals surface area contributed by atoms with Gasteiger partial charge < -0.3 is 29.6 Å². The number of methoxy groups -OCH3 is 2. The van der Waals surface area contributed by atoms with Crippen molar-refractivity contribution >= 4 is 66.5 Å². The number of ether oxygens (including phenoxy) is 4. The SMILES string of the molecule is CCOc1cc(C(CS(=O)(=O)CCCS(=O)(=O)CC(c2ccc(OC)c(OCC)c2)N2C(=O)c3cccc(NC(C)=O)c3C2=O)N2C(=O)c3cccc(NC(C)=O)c3C2=O)ccc1OC. The summed E-state index contributed by atoms with van der Waals surface area (Å²) in [6, 6.07) is 14.6. The molecule has 6 amide bonds. The third-order valence-electron chi connectivity index (χ3n) is 10.6. The number of carbonyl (C=O) groups is 6. The molecular formula is C45H48N4O14S2.